The molecule has 2 N–H and O–H groups in total. The standard InChI is InChI=1S/C12H21NO/c1-4-6-7-12(14)11(5-2)8-10(3)9-13/h4,6,11H,3,5,7-9,13H2,1-2H3/b6-4+. The molecule has 0 saturated carbocycles. The number of ketones is 1. The Morgan fingerprint density at radius 2 is 2.21 bits per heavy atom. The Labute approximate surface area is 86.9 Å². The van der Waals surface area contributed by atoms with E-state index in [0.717, 1.165) is 18.4 Å². The van der Waals surface area contributed by atoms with Gasteiger partial charge in [-0.15, -0.1) is 0 Å². The van der Waals surface area contributed by atoms with Gasteiger partial charge in [-0.1, -0.05) is 31.2 Å². The van der Waals surface area contributed by atoms with Crippen LogP contribution in [-0.4, -0.2) is 12.3 Å². The molecule has 0 aromatic heterocycles. The van der Waals surface area contributed by atoms with E-state index in [2.05, 4.69) is 6.58 Å². The monoisotopic (exact) mass is 195 g/mol. The Bertz CT molecular complexity index is 218. The van der Waals surface area contributed by atoms with Crippen LogP contribution in [0.4, 0.5) is 0 Å². The lowest BCUT2D eigenvalue weighted by Gasteiger charge is -2.13. The second-order valence-corrected chi connectivity index (χ2v) is 3.50. The number of Topliss-reactive ketones (excluding diaryl/α,β-unsaturated/α-hetero) is 1. The Balaban J connectivity index is 4.11. The fraction of sp³-hybridized carbons (Fsp3) is 0.583. The van der Waals surface area contributed by atoms with E-state index in [9.17, 15) is 4.79 Å². The third-order valence-electron chi connectivity index (χ3n) is 2.33. The summed E-state index contributed by atoms with van der Waals surface area (Å²) >= 11 is 0. The molecular weight excluding hydrogens is 174 g/mol. The van der Waals surface area contributed by atoms with Gasteiger partial charge in [0.2, 0.25) is 0 Å². The number of nitrogens with two attached hydrogens (primary N) is 1. The normalized spacial score (nSPS) is 13.1. The minimum absolute atomic E-state index is 0.0993. The largest absolute Gasteiger partial charge is 0.327 e. The van der Waals surface area contributed by atoms with Crippen molar-refractivity contribution in [2.24, 2.45) is 11.7 Å². The number of allylic oxidation sites excluding steroid dienone is 2. The van der Waals surface area contributed by atoms with Crippen LogP contribution in [0.1, 0.15) is 33.1 Å². The van der Waals surface area contributed by atoms with Crippen LogP contribution in [0.3, 0.4) is 0 Å². The fourth-order valence-electron chi connectivity index (χ4n) is 1.32. The summed E-state index contributed by atoms with van der Waals surface area (Å²) < 4.78 is 0. The van der Waals surface area contributed by atoms with Crippen LogP contribution < -0.4 is 5.73 Å². The molecule has 0 aromatic rings. The van der Waals surface area contributed by atoms with Gasteiger partial charge in [0.1, 0.15) is 5.78 Å². The summed E-state index contributed by atoms with van der Waals surface area (Å²) in [5, 5.41) is 0. The van der Waals surface area contributed by atoms with Crippen molar-refractivity contribution in [3.05, 3.63) is 24.3 Å². The van der Waals surface area contributed by atoms with Crippen LogP contribution in [0.5, 0.6) is 0 Å². The van der Waals surface area contributed by atoms with Crippen molar-refractivity contribution in [2.45, 2.75) is 33.1 Å². The number of carbonyl (C=O) groups excluding carboxylic acids is 1. The van der Waals surface area contributed by atoms with Crippen LogP contribution in [-0.2, 0) is 4.79 Å². The van der Waals surface area contributed by atoms with E-state index in [-0.39, 0.29) is 5.92 Å². The Hall–Kier alpha value is -0.890. The molecule has 1 atom stereocenters. The molecule has 0 heterocycles. The lowest BCUT2D eigenvalue weighted by molar-refractivity contribution is -0.122. The molecule has 14 heavy (non-hydrogen) atoms. The minimum Gasteiger partial charge on any atom is -0.327 e. The van der Waals surface area contributed by atoms with E-state index in [0.29, 0.717) is 18.7 Å². The molecule has 2 nitrogen and oxygen atoms in total. The average molecular weight is 195 g/mol. The van der Waals surface area contributed by atoms with Crippen LogP contribution in [0.2, 0.25) is 0 Å². The minimum atomic E-state index is 0.0993. The Morgan fingerprint density at radius 1 is 1.57 bits per heavy atom. The molecule has 0 rings (SSSR count). The predicted octanol–water partition coefficient (Wildman–Crippen LogP) is 2.45. The van der Waals surface area contributed by atoms with Crippen LogP contribution in [0, 0.1) is 5.92 Å². The summed E-state index contributed by atoms with van der Waals surface area (Å²) in [6.07, 6.45) is 5.95. The maximum Gasteiger partial charge on any atom is 0.140 e. The highest BCUT2D eigenvalue weighted by Gasteiger charge is 2.15. The molecule has 0 bridgehead atoms. The zero-order valence-electron chi connectivity index (χ0n) is 9.25. The first-order valence-electron chi connectivity index (χ1n) is 5.16. The molecule has 0 amide bonds. The van der Waals surface area contributed by atoms with E-state index in [1.54, 1.807) is 0 Å². The molecule has 0 fully saturated rings. The van der Waals surface area contributed by atoms with Crippen molar-refractivity contribution in [3.63, 3.8) is 0 Å². The molecule has 0 saturated heterocycles. The van der Waals surface area contributed by atoms with E-state index in [4.69, 9.17) is 5.73 Å². The van der Waals surface area contributed by atoms with Crippen molar-refractivity contribution >= 4 is 5.78 Å². The molecule has 0 aliphatic carbocycles. The van der Waals surface area contributed by atoms with Crippen molar-refractivity contribution in [3.8, 4) is 0 Å². The fourth-order valence-corrected chi connectivity index (χ4v) is 1.32. The quantitative estimate of drug-likeness (QED) is 0.634. The van der Waals surface area contributed by atoms with Gasteiger partial charge < -0.3 is 5.73 Å². The summed E-state index contributed by atoms with van der Waals surface area (Å²) in [5.41, 5.74) is 6.41. The van der Waals surface area contributed by atoms with Crippen LogP contribution in [0.15, 0.2) is 24.3 Å². The number of rotatable bonds is 7. The van der Waals surface area contributed by atoms with Gasteiger partial charge in [0.25, 0.3) is 0 Å². The summed E-state index contributed by atoms with van der Waals surface area (Å²) in [6.45, 7) is 8.26. The number of carbonyl (C=O) groups is 1. The Morgan fingerprint density at radius 3 is 2.64 bits per heavy atom. The number of hydrogen-bond acceptors (Lipinski definition) is 2. The summed E-state index contributed by atoms with van der Waals surface area (Å²) in [7, 11) is 0. The molecule has 0 spiro atoms. The first kappa shape index (κ1) is 13.1. The van der Waals surface area contributed by atoms with Gasteiger partial charge in [-0.05, 0) is 19.8 Å². The highest BCUT2D eigenvalue weighted by Crippen LogP contribution is 2.16. The van der Waals surface area contributed by atoms with Gasteiger partial charge >= 0.3 is 0 Å². The van der Waals surface area contributed by atoms with Gasteiger partial charge in [0.05, 0.1) is 0 Å². The smallest absolute Gasteiger partial charge is 0.140 e. The van der Waals surface area contributed by atoms with Crippen molar-refractivity contribution in [1.82, 2.24) is 0 Å². The van der Waals surface area contributed by atoms with Gasteiger partial charge in [0, 0.05) is 18.9 Å². The molecule has 2 heteroatoms. The molecule has 1 unspecified atom stereocenters. The summed E-state index contributed by atoms with van der Waals surface area (Å²) in [6, 6.07) is 0. The second-order valence-electron chi connectivity index (χ2n) is 3.50. The first-order valence-corrected chi connectivity index (χ1v) is 5.16. The van der Waals surface area contributed by atoms with Crippen LogP contribution >= 0.6 is 0 Å². The molecule has 80 valence electrons. The average Bonchev–Trinajstić information content (AvgIpc) is 2.21. The van der Waals surface area contributed by atoms with E-state index >= 15 is 0 Å². The SMILES string of the molecule is C=C(CN)CC(CC)C(=O)C/C=C/C. The number of hydrogen-bond donors (Lipinski definition) is 1. The highest BCUT2D eigenvalue weighted by molar-refractivity contribution is 5.82. The molecule has 0 radical (unpaired) electrons. The lowest BCUT2D eigenvalue weighted by Crippen LogP contribution is -2.16. The summed E-state index contributed by atoms with van der Waals surface area (Å²) in [5.74, 6) is 0.391. The van der Waals surface area contributed by atoms with Gasteiger partial charge in [-0.3, -0.25) is 4.79 Å². The zero-order chi connectivity index (χ0) is 11.0. The summed E-state index contributed by atoms with van der Waals surface area (Å²) in [4.78, 5) is 11.7. The van der Waals surface area contributed by atoms with E-state index in [1.165, 1.54) is 0 Å². The maximum atomic E-state index is 11.7. The molecule has 0 aliphatic heterocycles. The Kier molecular flexibility index (Phi) is 7.03. The molecule has 0 aromatic carbocycles. The van der Waals surface area contributed by atoms with Crippen molar-refractivity contribution < 1.29 is 4.79 Å². The van der Waals surface area contributed by atoms with E-state index < -0.39 is 0 Å². The third-order valence-corrected chi connectivity index (χ3v) is 2.33. The third kappa shape index (κ3) is 4.97. The highest BCUT2D eigenvalue weighted by atomic mass is 16.1. The first-order chi connectivity index (χ1) is 6.65. The van der Waals surface area contributed by atoms with Crippen molar-refractivity contribution in [2.75, 3.05) is 6.54 Å². The van der Waals surface area contributed by atoms with E-state index in [1.807, 2.05) is 26.0 Å². The maximum absolute atomic E-state index is 11.7. The van der Waals surface area contributed by atoms with Gasteiger partial charge in [0.15, 0.2) is 0 Å². The van der Waals surface area contributed by atoms with Crippen LogP contribution in [0.25, 0.3) is 0 Å². The van der Waals surface area contributed by atoms with Crippen molar-refractivity contribution in [1.29, 1.82) is 0 Å². The molecular formula is C12H21NO. The van der Waals surface area contributed by atoms with Gasteiger partial charge in [-0.2, -0.15) is 0 Å². The topological polar surface area (TPSA) is 43.1 Å². The zero-order valence-corrected chi connectivity index (χ0v) is 9.25. The predicted molar refractivity (Wildman–Crippen MR) is 61.0 cm³/mol. The van der Waals surface area contributed by atoms with Gasteiger partial charge in [-0.25, -0.2) is 0 Å². The second kappa shape index (κ2) is 7.51. The lowest BCUT2D eigenvalue weighted by atomic mass is 9.92. The molecule has 0 aliphatic rings.